The average Bonchev–Trinajstić information content (AvgIpc) is 2.23. The van der Waals surface area contributed by atoms with Crippen LogP contribution >= 0.6 is 0 Å². The van der Waals surface area contributed by atoms with Crippen molar-refractivity contribution in [2.45, 2.75) is 45.7 Å². The third-order valence-electron chi connectivity index (χ3n) is 3.79. The number of nitrogens with one attached hydrogen (secondary N) is 1. The minimum absolute atomic E-state index is 0.423. The molecule has 1 aromatic rings. The second kappa shape index (κ2) is 4.96. The van der Waals surface area contributed by atoms with E-state index in [0.29, 0.717) is 12.1 Å². The Kier molecular flexibility index (Phi) is 3.59. The van der Waals surface area contributed by atoms with E-state index >= 15 is 0 Å². The molecule has 1 fully saturated rings. The smallest absolute Gasteiger partial charge is 0.0315 e. The molecule has 1 aliphatic carbocycles. The van der Waals surface area contributed by atoms with E-state index < -0.39 is 0 Å². The van der Waals surface area contributed by atoms with Crippen LogP contribution in [0.5, 0.6) is 0 Å². The summed E-state index contributed by atoms with van der Waals surface area (Å²) in [7, 11) is 0. The van der Waals surface area contributed by atoms with Gasteiger partial charge < -0.3 is 5.32 Å². The molecule has 1 atom stereocenters. The maximum absolute atomic E-state index is 4.16. The first-order valence-corrected chi connectivity index (χ1v) is 6.32. The Bertz CT molecular complexity index is 315. The molecule has 0 radical (unpaired) electrons. The molecule has 0 bridgehead atoms. The molecule has 0 unspecified atom stereocenters. The molecule has 1 N–H and O–H groups in total. The van der Waals surface area contributed by atoms with E-state index in [0.717, 1.165) is 11.8 Å². The number of nitrogens with zero attached hydrogens (tertiary/aromatic N) is 1. The van der Waals surface area contributed by atoms with Gasteiger partial charge in [0.2, 0.25) is 0 Å². The van der Waals surface area contributed by atoms with Gasteiger partial charge in [0.15, 0.2) is 0 Å². The first-order chi connectivity index (χ1) is 7.66. The summed E-state index contributed by atoms with van der Waals surface area (Å²) in [6, 6.07) is 5.28. The summed E-state index contributed by atoms with van der Waals surface area (Å²) in [6.07, 6.45) is 6.45. The summed E-state index contributed by atoms with van der Waals surface area (Å²) in [5, 5.41) is 3.68. The lowest BCUT2D eigenvalue weighted by Gasteiger charge is -2.40. The van der Waals surface area contributed by atoms with E-state index in [2.05, 4.69) is 37.1 Å². The molecule has 2 rings (SSSR count). The van der Waals surface area contributed by atoms with Crippen LogP contribution in [0.1, 0.15) is 45.2 Å². The van der Waals surface area contributed by atoms with Crippen LogP contribution < -0.4 is 5.32 Å². The summed E-state index contributed by atoms with van der Waals surface area (Å²) in [6.45, 7) is 6.87. The Balaban J connectivity index is 1.80. The van der Waals surface area contributed by atoms with E-state index in [1.54, 1.807) is 0 Å². The summed E-state index contributed by atoms with van der Waals surface area (Å²) in [5.41, 5.74) is 1.29. The predicted molar refractivity (Wildman–Crippen MR) is 67.1 cm³/mol. The zero-order valence-electron chi connectivity index (χ0n) is 10.5. The van der Waals surface area contributed by atoms with E-state index in [-0.39, 0.29) is 0 Å². The van der Waals surface area contributed by atoms with Crippen LogP contribution in [0.4, 0.5) is 0 Å². The molecule has 1 aliphatic rings. The number of aromatic nitrogens is 1. The van der Waals surface area contributed by atoms with Crippen LogP contribution in [-0.2, 0) is 0 Å². The van der Waals surface area contributed by atoms with Gasteiger partial charge in [0.1, 0.15) is 0 Å². The van der Waals surface area contributed by atoms with Gasteiger partial charge >= 0.3 is 0 Å². The van der Waals surface area contributed by atoms with E-state index in [9.17, 15) is 0 Å². The van der Waals surface area contributed by atoms with Gasteiger partial charge in [-0.15, -0.1) is 0 Å². The van der Waals surface area contributed by atoms with Crippen molar-refractivity contribution in [3.63, 3.8) is 0 Å². The van der Waals surface area contributed by atoms with Gasteiger partial charge in [-0.1, -0.05) is 19.9 Å². The van der Waals surface area contributed by atoms with Crippen LogP contribution in [0.15, 0.2) is 24.5 Å². The normalized spacial score (nSPS) is 26.5. The topological polar surface area (TPSA) is 24.9 Å². The molecule has 0 amide bonds. The van der Waals surface area contributed by atoms with Crippen LogP contribution in [0.3, 0.4) is 0 Å². The Morgan fingerprint density at radius 1 is 1.31 bits per heavy atom. The van der Waals surface area contributed by atoms with E-state index in [4.69, 9.17) is 0 Å². The third-order valence-corrected chi connectivity index (χ3v) is 3.79. The molecule has 0 saturated heterocycles. The molecule has 1 heterocycles. The Morgan fingerprint density at radius 3 is 2.62 bits per heavy atom. The molecule has 0 aromatic carbocycles. The quantitative estimate of drug-likeness (QED) is 0.839. The van der Waals surface area contributed by atoms with Gasteiger partial charge in [-0.25, -0.2) is 0 Å². The zero-order chi connectivity index (χ0) is 11.5. The van der Waals surface area contributed by atoms with Crippen molar-refractivity contribution in [2.75, 3.05) is 0 Å². The van der Waals surface area contributed by atoms with Crippen LogP contribution in [0.2, 0.25) is 0 Å². The van der Waals surface area contributed by atoms with Crippen molar-refractivity contribution < 1.29 is 0 Å². The number of pyridine rings is 1. The molecule has 88 valence electrons. The summed E-state index contributed by atoms with van der Waals surface area (Å²) in [5.74, 6) is 1.77. The van der Waals surface area contributed by atoms with Gasteiger partial charge in [-0.2, -0.15) is 0 Å². The Hall–Kier alpha value is -0.890. The first-order valence-electron chi connectivity index (χ1n) is 6.32. The SMILES string of the molecule is CC(C)C1CC(N[C@@H](C)c2cccnc2)C1. The highest BCUT2D eigenvalue weighted by atomic mass is 15.0. The second-order valence-electron chi connectivity index (χ2n) is 5.35. The summed E-state index contributed by atoms with van der Waals surface area (Å²) in [4.78, 5) is 4.16. The van der Waals surface area contributed by atoms with E-state index in [1.807, 2.05) is 18.5 Å². The monoisotopic (exact) mass is 218 g/mol. The molecule has 0 spiro atoms. The molecule has 1 aromatic heterocycles. The summed E-state index contributed by atoms with van der Waals surface area (Å²) < 4.78 is 0. The third kappa shape index (κ3) is 2.62. The van der Waals surface area contributed by atoms with Crippen molar-refractivity contribution in [3.05, 3.63) is 30.1 Å². The molecular formula is C14H22N2. The molecule has 2 heteroatoms. The Morgan fingerprint density at radius 2 is 2.06 bits per heavy atom. The van der Waals surface area contributed by atoms with Gasteiger partial charge in [0.05, 0.1) is 0 Å². The average molecular weight is 218 g/mol. The van der Waals surface area contributed by atoms with Crippen LogP contribution in [-0.4, -0.2) is 11.0 Å². The molecule has 0 aliphatic heterocycles. The van der Waals surface area contributed by atoms with Crippen molar-refractivity contribution in [3.8, 4) is 0 Å². The van der Waals surface area contributed by atoms with Crippen LogP contribution in [0.25, 0.3) is 0 Å². The van der Waals surface area contributed by atoms with Gasteiger partial charge in [-0.3, -0.25) is 4.98 Å². The highest BCUT2D eigenvalue weighted by Gasteiger charge is 2.31. The fourth-order valence-corrected chi connectivity index (χ4v) is 2.42. The highest BCUT2D eigenvalue weighted by Crippen LogP contribution is 2.34. The largest absolute Gasteiger partial charge is 0.307 e. The lowest BCUT2D eigenvalue weighted by atomic mass is 9.73. The van der Waals surface area contributed by atoms with Crippen molar-refractivity contribution in [1.82, 2.24) is 10.3 Å². The fraction of sp³-hybridized carbons (Fsp3) is 0.643. The highest BCUT2D eigenvalue weighted by molar-refractivity contribution is 5.13. The first kappa shape index (κ1) is 11.6. The second-order valence-corrected chi connectivity index (χ2v) is 5.35. The Labute approximate surface area is 98.5 Å². The molecule has 2 nitrogen and oxygen atoms in total. The number of rotatable bonds is 4. The van der Waals surface area contributed by atoms with Gasteiger partial charge in [0.25, 0.3) is 0 Å². The van der Waals surface area contributed by atoms with Crippen molar-refractivity contribution in [1.29, 1.82) is 0 Å². The molecule has 16 heavy (non-hydrogen) atoms. The molecule has 1 saturated carbocycles. The van der Waals surface area contributed by atoms with Crippen molar-refractivity contribution >= 4 is 0 Å². The maximum Gasteiger partial charge on any atom is 0.0315 e. The van der Waals surface area contributed by atoms with Gasteiger partial charge in [-0.05, 0) is 43.2 Å². The maximum atomic E-state index is 4.16. The van der Waals surface area contributed by atoms with E-state index in [1.165, 1.54) is 18.4 Å². The minimum Gasteiger partial charge on any atom is -0.307 e. The standard InChI is InChI=1S/C14H22N2/c1-10(2)13-7-14(8-13)16-11(3)12-5-4-6-15-9-12/h4-6,9-11,13-14,16H,7-8H2,1-3H3/t11-,13?,14?/m0/s1. The summed E-state index contributed by atoms with van der Waals surface area (Å²) >= 11 is 0. The van der Waals surface area contributed by atoms with Gasteiger partial charge in [0, 0.05) is 24.5 Å². The van der Waals surface area contributed by atoms with Crippen molar-refractivity contribution in [2.24, 2.45) is 11.8 Å². The lowest BCUT2D eigenvalue weighted by Crippen LogP contribution is -2.43. The predicted octanol–water partition coefficient (Wildman–Crippen LogP) is 3.17. The zero-order valence-corrected chi connectivity index (χ0v) is 10.5. The number of hydrogen-bond donors (Lipinski definition) is 1. The lowest BCUT2D eigenvalue weighted by molar-refractivity contribution is 0.159. The molecular weight excluding hydrogens is 196 g/mol. The fourth-order valence-electron chi connectivity index (χ4n) is 2.42. The number of hydrogen-bond acceptors (Lipinski definition) is 2. The minimum atomic E-state index is 0.423. The van der Waals surface area contributed by atoms with Crippen LogP contribution in [0, 0.1) is 11.8 Å².